The van der Waals surface area contributed by atoms with E-state index in [9.17, 15) is 15.3 Å². The molecule has 1 unspecified atom stereocenters. The zero-order valence-corrected chi connectivity index (χ0v) is 14.9. The quantitative estimate of drug-likeness (QED) is 0.220. The van der Waals surface area contributed by atoms with Gasteiger partial charge < -0.3 is 26.2 Å². The summed E-state index contributed by atoms with van der Waals surface area (Å²) in [6, 6.07) is -1.24. The van der Waals surface area contributed by atoms with Gasteiger partial charge in [-0.15, -0.1) is 0 Å². The lowest BCUT2D eigenvalue weighted by molar-refractivity contribution is -0.243. The Morgan fingerprint density at radius 2 is 1.17 bits per heavy atom. The maximum absolute atomic E-state index is 9.75. The van der Waals surface area contributed by atoms with Gasteiger partial charge in [0.05, 0.1) is 12.6 Å². The molecule has 23 heavy (non-hydrogen) atoms. The van der Waals surface area contributed by atoms with Crippen LogP contribution in [0.1, 0.15) is 90.4 Å². The maximum Gasteiger partial charge on any atom is 0.207 e. The molecule has 140 valence electrons. The summed E-state index contributed by atoms with van der Waals surface area (Å²) < 4.78 is 0. The Bertz CT molecular complexity index is 261. The highest BCUT2D eigenvalue weighted by atomic mass is 16.5. The van der Waals surface area contributed by atoms with E-state index in [4.69, 9.17) is 10.8 Å². The van der Waals surface area contributed by atoms with Gasteiger partial charge in [-0.25, -0.2) is 0 Å². The van der Waals surface area contributed by atoms with E-state index in [2.05, 4.69) is 6.92 Å². The Labute approximate surface area is 141 Å². The van der Waals surface area contributed by atoms with Gasteiger partial charge in [-0.05, 0) is 6.42 Å². The van der Waals surface area contributed by atoms with Gasteiger partial charge in [-0.2, -0.15) is 0 Å². The summed E-state index contributed by atoms with van der Waals surface area (Å²) >= 11 is 0. The largest absolute Gasteiger partial charge is 0.395 e. The summed E-state index contributed by atoms with van der Waals surface area (Å²) in [7, 11) is 0. The molecule has 0 bridgehead atoms. The molecule has 0 aliphatic rings. The van der Waals surface area contributed by atoms with Crippen LogP contribution in [-0.2, 0) is 0 Å². The first kappa shape index (κ1) is 22.8. The van der Waals surface area contributed by atoms with Crippen molar-refractivity contribution in [3.05, 3.63) is 0 Å². The van der Waals surface area contributed by atoms with Crippen molar-refractivity contribution in [2.24, 2.45) is 5.73 Å². The van der Waals surface area contributed by atoms with E-state index in [-0.39, 0.29) is 6.42 Å². The molecule has 0 saturated carbocycles. The standard InChI is InChI=1S/C18H39NO4/c1-2-3-4-5-6-7-8-9-10-11-12-13-14-17(21)18(22,23)16(19)15-20/h16-17,20-23H,2-15,19H2,1H3/t16-,17?/m0/s1. The SMILES string of the molecule is CCCCCCCCCCCCCCC(O)C(O)(O)[C@@H](N)CO. The fourth-order valence-electron chi connectivity index (χ4n) is 2.77. The van der Waals surface area contributed by atoms with Gasteiger partial charge in [0.15, 0.2) is 0 Å². The lowest BCUT2D eigenvalue weighted by atomic mass is 9.96. The van der Waals surface area contributed by atoms with Crippen molar-refractivity contribution < 1.29 is 20.4 Å². The maximum atomic E-state index is 9.75. The van der Waals surface area contributed by atoms with E-state index in [1.54, 1.807) is 0 Å². The number of hydrogen-bond acceptors (Lipinski definition) is 5. The third kappa shape index (κ3) is 11.1. The summed E-state index contributed by atoms with van der Waals surface area (Å²) in [5.74, 6) is -2.41. The van der Waals surface area contributed by atoms with Crippen LogP contribution in [0.4, 0.5) is 0 Å². The summed E-state index contributed by atoms with van der Waals surface area (Å²) in [6.07, 6.45) is 13.6. The highest BCUT2D eigenvalue weighted by Gasteiger charge is 2.38. The van der Waals surface area contributed by atoms with Crippen LogP contribution in [0.3, 0.4) is 0 Å². The van der Waals surface area contributed by atoms with Crippen molar-refractivity contribution in [2.75, 3.05) is 6.61 Å². The lowest BCUT2D eigenvalue weighted by Crippen LogP contribution is -2.57. The molecule has 0 fully saturated rings. The first-order chi connectivity index (χ1) is 11.0. The monoisotopic (exact) mass is 333 g/mol. The van der Waals surface area contributed by atoms with Crippen LogP contribution in [0.2, 0.25) is 0 Å². The van der Waals surface area contributed by atoms with Crippen LogP contribution >= 0.6 is 0 Å². The Morgan fingerprint density at radius 3 is 1.57 bits per heavy atom. The van der Waals surface area contributed by atoms with Crippen molar-refractivity contribution in [1.82, 2.24) is 0 Å². The zero-order valence-electron chi connectivity index (χ0n) is 14.9. The minimum Gasteiger partial charge on any atom is -0.395 e. The highest BCUT2D eigenvalue weighted by molar-refractivity contribution is 4.85. The third-order valence-electron chi connectivity index (χ3n) is 4.56. The number of aliphatic hydroxyl groups is 4. The summed E-state index contributed by atoms with van der Waals surface area (Å²) in [6.45, 7) is 1.67. The third-order valence-corrected chi connectivity index (χ3v) is 4.56. The number of unbranched alkanes of at least 4 members (excludes halogenated alkanes) is 11. The molecule has 0 aliphatic carbocycles. The minimum absolute atomic E-state index is 0.290. The van der Waals surface area contributed by atoms with Crippen molar-refractivity contribution in [2.45, 2.75) is 108 Å². The molecule has 5 nitrogen and oxygen atoms in total. The summed E-state index contributed by atoms with van der Waals surface area (Å²) in [5.41, 5.74) is 5.38. The molecule has 2 atom stereocenters. The molecule has 5 heteroatoms. The molecular formula is C18H39NO4. The normalized spacial score (nSPS) is 14.9. The van der Waals surface area contributed by atoms with Crippen molar-refractivity contribution in [1.29, 1.82) is 0 Å². The van der Waals surface area contributed by atoms with Gasteiger partial charge in [-0.3, -0.25) is 0 Å². The molecule has 0 aromatic heterocycles. The van der Waals surface area contributed by atoms with Crippen LogP contribution in [0.25, 0.3) is 0 Å². The average molecular weight is 334 g/mol. The van der Waals surface area contributed by atoms with Gasteiger partial charge in [0.2, 0.25) is 5.79 Å². The zero-order chi connectivity index (χ0) is 17.6. The Hall–Kier alpha value is -0.200. The molecular weight excluding hydrogens is 294 g/mol. The van der Waals surface area contributed by atoms with Gasteiger partial charge in [0, 0.05) is 0 Å². The molecule has 0 radical (unpaired) electrons. The molecule has 0 rings (SSSR count). The molecule has 0 aromatic rings. The molecule has 0 spiro atoms. The Kier molecular flexibility index (Phi) is 14.0. The van der Waals surface area contributed by atoms with E-state index in [1.807, 2.05) is 0 Å². The van der Waals surface area contributed by atoms with Gasteiger partial charge in [0.25, 0.3) is 0 Å². The van der Waals surface area contributed by atoms with Gasteiger partial charge >= 0.3 is 0 Å². The predicted octanol–water partition coefficient (Wildman–Crippen LogP) is 2.44. The van der Waals surface area contributed by atoms with E-state index in [0.717, 1.165) is 19.3 Å². The second kappa shape index (κ2) is 14.2. The molecule has 6 N–H and O–H groups in total. The van der Waals surface area contributed by atoms with Crippen molar-refractivity contribution in [3.63, 3.8) is 0 Å². The number of hydrogen-bond donors (Lipinski definition) is 5. The number of rotatable bonds is 16. The fourth-order valence-corrected chi connectivity index (χ4v) is 2.77. The molecule has 0 amide bonds. The minimum atomic E-state index is -2.41. The van der Waals surface area contributed by atoms with Crippen LogP contribution in [0, 0.1) is 0 Å². The van der Waals surface area contributed by atoms with E-state index in [1.165, 1.54) is 57.8 Å². The second-order valence-electron chi connectivity index (χ2n) is 6.77. The molecule has 0 aromatic carbocycles. The van der Waals surface area contributed by atoms with Gasteiger partial charge in [0.1, 0.15) is 6.10 Å². The Morgan fingerprint density at radius 1 is 0.783 bits per heavy atom. The first-order valence-corrected chi connectivity index (χ1v) is 9.46. The topological polar surface area (TPSA) is 107 Å². The molecule has 0 heterocycles. The van der Waals surface area contributed by atoms with Crippen LogP contribution in [0.5, 0.6) is 0 Å². The van der Waals surface area contributed by atoms with Crippen LogP contribution in [-0.4, -0.2) is 45.0 Å². The number of aliphatic hydroxyl groups excluding tert-OH is 2. The average Bonchev–Trinajstić information content (AvgIpc) is 2.54. The first-order valence-electron chi connectivity index (χ1n) is 9.46. The predicted molar refractivity (Wildman–Crippen MR) is 93.9 cm³/mol. The summed E-state index contributed by atoms with van der Waals surface area (Å²) in [4.78, 5) is 0. The second-order valence-corrected chi connectivity index (χ2v) is 6.77. The fraction of sp³-hybridized carbons (Fsp3) is 1.00. The lowest BCUT2D eigenvalue weighted by Gasteiger charge is -2.31. The number of nitrogens with two attached hydrogens (primary N) is 1. The van der Waals surface area contributed by atoms with Crippen LogP contribution in [0.15, 0.2) is 0 Å². The van der Waals surface area contributed by atoms with Crippen LogP contribution < -0.4 is 5.73 Å². The van der Waals surface area contributed by atoms with Crippen molar-refractivity contribution in [3.8, 4) is 0 Å². The molecule has 0 saturated heterocycles. The van der Waals surface area contributed by atoms with Crippen molar-refractivity contribution >= 4 is 0 Å². The van der Waals surface area contributed by atoms with E-state index >= 15 is 0 Å². The molecule has 0 aliphatic heterocycles. The highest BCUT2D eigenvalue weighted by Crippen LogP contribution is 2.18. The van der Waals surface area contributed by atoms with E-state index in [0.29, 0.717) is 0 Å². The Balaban J connectivity index is 3.42. The summed E-state index contributed by atoms with van der Waals surface area (Å²) in [5, 5.41) is 37.9. The smallest absolute Gasteiger partial charge is 0.207 e. The van der Waals surface area contributed by atoms with E-state index < -0.39 is 24.5 Å². The van der Waals surface area contributed by atoms with Gasteiger partial charge in [-0.1, -0.05) is 84.0 Å².